The first-order chi connectivity index (χ1) is 8.86. The molecule has 2 bridgehead atoms. The van der Waals surface area contributed by atoms with Crippen LogP contribution in [0.1, 0.15) is 25.6 Å². The second-order valence-corrected chi connectivity index (χ2v) is 5.54. The highest BCUT2D eigenvalue weighted by atomic mass is 15.3. The molecule has 0 saturated heterocycles. The van der Waals surface area contributed by atoms with Gasteiger partial charge in [-0.15, -0.1) is 10.2 Å². The van der Waals surface area contributed by atoms with Crippen LogP contribution in [0.15, 0.2) is 18.5 Å². The molecule has 0 radical (unpaired) electrons. The molecule has 98 valence electrons. The van der Waals surface area contributed by atoms with Gasteiger partial charge in [-0.3, -0.25) is 0 Å². The third kappa shape index (κ3) is 2.34. The SMILES string of the molecule is CCc1nncn1CCNC[C@H]1C[C@H]2C=C[C@H]1C2. The number of aromatic nitrogens is 3. The van der Waals surface area contributed by atoms with Gasteiger partial charge in [0.2, 0.25) is 0 Å². The van der Waals surface area contributed by atoms with Crippen molar-refractivity contribution < 1.29 is 0 Å². The fourth-order valence-electron chi connectivity index (χ4n) is 3.36. The van der Waals surface area contributed by atoms with Crippen molar-refractivity contribution in [3.63, 3.8) is 0 Å². The lowest BCUT2D eigenvalue weighted by Gasteiger charge is -2.18. The Morgan fingerprint density at radius 1 is 1.39 bits per heavy atom. The molecule has 18 heavy (non-hydrogen) atoms. The maximum atomic E-state index is 4.10. The minimum Gasteiger partial charge on any atom is -0.316 e. The van der Waals surface area contributed by atoms with Crippen LogP contribution >= 0.6 is 0 Å². The first kappa shape index (κ1) is 11.9. The number of hydrogen-bond acceptors (Lipinski definition) is 3. The molecule has 3 rings (SSSR count). The number of aryl methyl sites for hydroxylation is 1. The van der Waals surface area contributed by atoms with Crippen LogP contribution in [0.4, 0.5) is 0 Å². The standard InChI is InChI=1S/C14H22N4/c1-2-14-17-16-10-18(14)6-5-15-9-13-8-11-3-4-12(13)7-11/h3-4,10-13,15H,2,5-9H2,1H3/t11-,12-,13+/m0/s1. The third-order valence-corrected chi connectivity index (χ3v) is 4.36. The van der Waals surface area contributed by atoms with Crippen LogP contribution in [0, 0.1) is 17.8 Å². The lowest BCUT2D eigenvalue weighted by Crippen LogP contribution is -2.28. The monoisotopic (exact) mass is 246 g/mol. The molecule has 1 saturated carbocycles. The van der Waals surface area contributed by atoms with Gasteiger partial charge in [0.25, 0.3) is 0 Å². The van der Waals surface area contributed by atoms with E-state index in [-0.39, 0.29) is 0 Å². The van der Waals surface area contributed by atoms with Crippen molar-refractivity contribution in [3.8, 4) is 0 Å². The summed E-state index contributed by atoms with van der Waals surface area (Å²) in [6.07, 6.45) is 10.4. The van der Waals surface area contributed by atoms with E-state index < -0.39 is 0 Å². The van der Waals surface area contributed by atoms with Gasteiger partial charge in [-0.2, -0.15) is 0 Å². The Kier molecular flexibility index (Phi) is 3.46. The number of rotatable bonds is 6. The zero-order chi connectivity index (χ0) is 12.4. The average Bonchev–Trinajstić information content (AvgIpc) is 3.10. The molecule has 3 atom stereocenters. The van der Waals surface area contributed by atoms with Gasteiger partial charge >= 0.3 is 0 Å². The summed E-state index contributed by atoms with van der Waals surface area (Å²) in [5.74, 6) is 3.68. The van der Waals surface area contributed by atoms with E-state index in [1.807, 2.05) is 6.33 Å². The number of allylic oxidation sites excluding steroid dienone is 2. The fraction of sp³-hybridized carbons (Fsp3) is 0.714. The van der Waals surface area contributed by atoms with Crippen LogP contribution < -0.4 is 5.32 Å². The van der Waals surface area contributed by atoms with Crippen LogP contribution in [0.3, 0.4) is 0 Å². The molecule has 0 spiro atoms. The van der Waals surface area contributed by atoms with Gasteiger partial charge in [0.15, 0.2) is 0 Å². The Morgan fingerprint density at radius 3 is 3.06 bits per heavy atom. The summed E-state index contributed by atoms with van der Waals surface area (Å²) >= 11 is 0. The van der Waals surface area contributed by atoms with Crippen molar-refractivity contribution >= 4 is 0 Å². The van der Waals surface area contributed by atoms with Crippen LogP contribution in [0.5, 0.6) is 0 Å². The number of hydrogen-bond donors (Lipinski definition) is 1. The van der Waals surface area contributed by atoms with Gasteiger partial charge < -0.3 is 9.88 Å². The van der Waals surface area contributed by atoms with E-state index in [9.17, 15) is 0 Å². The Hall–Kier alpha value is -1.16. The minimum atomic E-state index is 0.851. The predicted molar refractivity (Wildman–Crippen MR) is 71.1 cm³/mol. The van der Waals surface area contributed by atoms with Crippen LogP contribution in [-0.2, 0) is 13.0 Å². The minimum absolute atomic E-state index is 0.851. The first-order valence-corrected chi connectivity index (χ1v) is 7.12. The van der Waals surface area contributed by atoms with E-state index >= 15 is 0 Å². The highest BCUT2D eigenvalue weighted by Gasteiger charge is 2.34. The molecule has 0 aliphatic heterocycles. The van der Waals surface area contributed by atoms with E-state index in [4.69, 9.17) is 0 Å². The molecule has 2 aliphatic carbocycles. The Morgan fingerprint density at radius 2 is 2.33 bits per heavy atom. The summed E-state index contributed by atoms with van der Waals surface area (Å²) in [6, 6.07) is 0. The smallest absolute Gasteiger partial charge is 0.132 e. The maximum absolute atomic E-state index is 4.10. The van der Waals surface area contributed by atoms with Crippen LogP contribution in [0.2, 0.25) is 0 Å². The van der Waals surface area contributed by atoms with Crippen molar-refractivity contribution in [2.24, 2.45) is 17.8 Å². The molecular weight excluding hydrogens is 224 g/mol. The van der Waals surface area contributed by atoms with Crippen LogP contribution in [0.25, 0.3) is 0 Å². The molecule has 0 aromatic carbocycles. The molecule has 1 aromatic rings. The van der Waals surface area contributed by atoms with Crippen molar-refractivity contribution in [2.75, 3.05) is 13.1 Å². The van der Waals surface area contributed by atoms with Crippen molar-refractivity contribution in [1.82, 2.24) is 20.1 Å². The molecule has 4 nitrogen and oxygen atoms in total. The Labute approximate surface area is 108 Å². The lowest BCUT2D eigenvalue weighted by molar-refractivity contribution is 0.408. The van der Waals surface area contributed by atoms with E-state index in [1.54, 1.807) is 0 Å². The van der Waals surface area contributed by atoms with Crippen molar-refractivity contribution in [1.29, 1.82) is 0 Å². The van der Waals surface area contributed by atoms with Crippen molar-refractivity contribution in [3.05, 3.63) is 24.3 Å². The summed E-state index contributed by atoms with van der Waals surface area (Å²) in [5.41, 5.74) is 0. The number of fused-ring (bicyclic) bond motifs is 2. The molecule has 0 amide bonds. The molecule has 2 aliphatic rings. The largest absolute Gasteiger partial charge is 0.316 e. The quantitative estimate of drug-likeness (QED) is 0.613. The molecule has 0 unspecified atom stereocenters. The summed E-state index contributed by atoms with van der Waals surface area (Å²) in [4.78, 5) is 0. The summed E-state index contributed by atoms with van der Waals surface area (Å²) in [6.45, 7) is 5.28. The van der Waals surface area contributed by atoms with E-state index in [1.165, 1.54) is 12.8 Å². The summed E-state index contributed by atoms with van der Waals surface area (Å²) in [7, 11) is 0. The van der Waals surface area contributed by atoms with E-state index in [0.717, 1.165) is 49.6 Å². The number of nitrogens with one attached hydrogen (secondary N) is 1. The van der Waals surface area contributed by atoms with Gasteiger partial charge in [-0.05, 0) is 37.1 Å². The maximum Gasteiger partial charge on any atom is 0.132 e. The van der Waals surface area contributed by atoms with Gasteiger partial charge in [0, 0.05) is 19.5 Å². The van der Waals surface area contributed by atoms with E-state index in [0.29, 0.717) is 0 Å². The predicted octanol–water partition coefficient (Wildman–Crippen LogP) is 1.64. The van der Waals surface area contributed by atoms with Crippen LogP contribution in [-0.4, -0.2) is 27.9 Å². The third-order valence-electron chi connectivity index (χ3n) is 4.36. The normalized spacial score (nSPS) is 29.3. The van der Waals surface area contributed by atoms with Gasteiger partial charge in [0.05, 0.1) is 0 Å². The second-order valence-electron chi connectivity index (χ2n) is 5.54. The van der Waals surface area contributed by atoms with E-state index in [2.05, 4.69) is 39.2 Å². The summed E-state index contributed by atoms with van der Waals surface area (Å²) in [5, 5.41) is 11.6. The molecule has 1 heterocycles. The first-order valence-electron chi connectivity index (χ1n) is 7.12. The lowest BCUT2D eigenvalue weighted by atomic mass is 9.94. The molecule has 1 fully saturated rings. The van der Waals surface area contributed by atoms with Crippen molar-refractivity contribution in [2.45, 2.75) is 32.7 Å². The molecule has 1 N–H and O–H groups in total. The zero-order valence-electron chi connectivity index (χ0n) is 11.0. The number of nitrogens with zero attached hydrogens (tertiary/aromatic N) is 3. The second kappa shape index (κ2) is 5.22. The Balaban J connectivity index is 1.39. The summed E-state index contributed by atoms with van der Waals surface area (Å²) < 4.78 is 2.15. The molecule has 4 heteroatoms. The van der Waals surface area contributed by atoms with Gasteiger partial charge in [-0.25, -0.2) is 0 Å². The highest BCUT2D eigenvalue weighted by molar-refractivity contribution is 5.10. The molecular formula is C14H22N4. The zero-order valence-corrected chi connectivity index (χ0v) is 11.0. The van der Waals surface area contributed by atoms with Gasteiger partial charge in [-0.1, -0.05) is 19.1 Å². The Bertz CT molecular complexity index is 423. The fourth-order valence-corrected chi connectivity index (χ4v) is 3.36. The average molecular weight is 246 g/mol. The highest BCUT2D eigenvalue weighted by Crippen LogP contribution is 2.42. The molecule has 1 aromatic heterocycles. The topological polar surface area (TPSA) is 42.7 Å². The van der Waals surface area contributed by atoms with Gasteiger partial charge in [0.1, 0.15) is 12.2 Å².